The van der Waals surface area contributed by atoms with Crippen LogP contribution in [0.2, 0.25) is 5.02 Å². The van der Waals surface area contributed by atoms with Gasteiger partial charge in [0, 0.05) is 14.4 Å². The van der Waals surface area contributed by atoms with E-state index in [0.29, 0.717) is 14.4 Å². The standard InChI is InChI=1S/C12H7BrClFOS/c1-6-4-9(13)12(17-6)11(16)8-5-7(14)2-3-10(8)15/h2-5H,1H3. The molecule has 2 rings (SSSR count). The van der Waals surface area contributed by atoms with Gasteiger partial charge in [0.1, 0.15) is 5.82 Å². The van der Waals surface area contributed by atoms with Crippen LogP contribution in [-0.4, -0.2) is 5.78 Å². The molecule has 1 aromatic carbocycles. The molecular weight excluding hydrogens is 327 g/mol. The van der Waals surface area contributed by atoms with Crippen LogP contribution in [0.3, 0.4) is 0 Å². The van der Waals surface area contributed by atoms with E-state index in [2.05, 4.69) is 15.9 Å². The Bertz CT molecular complexity index is 594. The normalized spacial score (nSPS) is 10.6. The number of hydrogen-bond donors (Lipinski definition) is 0. The van der Waals surface area contributed by atoms with Crippen LogP contribution in [0.5, 0.6) is 0 Å². The lowest BCUT2D eigenvalue weighted by atomic mass is 10.1. The second-order valence-corrected chi connectivity index (χ2v) is 6.03. The lowest BCUT2D eigenvalue weighted by Crippen LogP contribution is -2.02. The van der Waals surface area contributed by atoms with Gasteiger partial charge in [0.15, 0.2) is 0 Å². The highest BCUT2D eigenvalue weighted by Gasteiger charge is 2.19. The fourth-order valence-electron chi connectivity index (χ4n) is 1.43. The Labute approximate surface area is 115 Å². The van der Waals surface area contributed by atoms with E-state index < -0.39 is 5.82 Å². The van der Waals surface area contributed by atoms with Crippen LogP contribution in [-0.2, 0) is 0 Å². The van der Waals surface area contributed by atoms with Crippen molar-refractivity contribution in [1.82, 2.24) is 0 Å². The first kappa shape index (κ1) is 12.7. The first-order valence-corrected chi connectivity index (χ1v) is 6.73. The number of carbonyl (C=O) groups is 1. The second-order valence-electron chi connectivity index (χ2n) is 3.49. The van der Waals surface area contributed by atoms with Crippen LogP contribution in [0.4, 0.5) is 4.39 Å². The summed E-state index contributed by atoms with van der Waals surface area (Å²) in [5.74, 6) is -0.910. The molecular formula is C12H7BrClFOS. The zero-order valence-electron chi connectivity index (χ0n) is 8.76. The summed E-state index contributed by atoms with van der Waals surface area (Å²) < 4.78 is 14.2. The van der Waals surface area contributed by atoms with Crippen LogP contribution in [0.1, 0.15) is 20.1 Å². The molecule has 1 heterocycles. The molecule has 2 aromatic rings. The molecule has 0 bridgehead atoms. The van der Waals surface area contributed by atoms with Crippen molar-refractivity contribution in [2.24, 2.45) is 0 Å². The maximum atomic E-state index is 13.6. The summed E-state index contributed by atoms with van der Waals surface area (Å²) in [5.41, 5.74) is 0.0000463. The first-order chi connectivity index (χ1) is 7.99. The van der Waals surface area contributed by atoms with Crippen molar-refractivity contribution in [3.8, 4) is 0 Å². The van der Waals surface area contributed by atoms with Crippen molar-refractivity contribution < 1.29 is 9.18 Å². The molecule has 0 aliphatic carbocycles. The van der Waals surface area contributed by atoms with Crippen LogP contribution in [0.25, 0.3) is 0 Å². The van der Waals surface area contributed by atoms with Crippen LogP contribution >= 0.6 is 38.9 Å². The number of benzene rings is 1. The third-order valence-corrected chi connectivity index (χ3v) is 4.36. The number of carbonyl (C=O) groups excluding carboxylic acids is 1. The van der Waals surface area contributed by atoms with Crippen molar-refractivity contribution in [1.29, 1.82) is 0 Å². The molecule has 0 unspecified atom stereocenters. The molecule has 5 heteroatoms. The number of thiophene rings is 1. The minimum absolute atomic E-state index is 0.0000463. The molecule has 0 N–H and O–H groups in total. The van der Waals surface area contributed by atoms with E-state index in [0.717, 1.165) is 4.88 Å². The SMILES string of the molecule is Cc1cc(Br)c(C(=O)c2cc(Cl)ccc2F)s1. The van der Waals surface area contributed by atoms with Crippen molar-refractivity contribution in [3.05, 3.63) is 54.9 Å². The molecule has 0 saturated carbocycles. The van der Waals surface area contributed by atoms with Crippen molar-refractivity contribution >= 4 is 44.7 Å². The molecule has 0 atom stereocenters. The predicted octanol–water partition coefficient (Wildman–Crippen LogP) is 4.84. The molecule has 1 aromatic heterocycles. The van der Waals surface area contributed by atoms with Gasteiger partial charge in [-0.3, -0.25) is 4.79 Å². The van der Waals surface area contributed by atoms with Crippen molar-refractivity contribution in [2.75, 3.05) is 0 Å². The predicted molar refractivity (Wildman–Crippen MR) is 71.6 cm³/mol. The average Bonchev–Trinajstić information content (AvgIpc) is 2.60. The molecule has 0 fully saturated rings. The van der Waals surface area contributed by atoms with Crippen LogP contribution < -0.4 is 0 Å². The fraction of sp³-hybridized carbons (Fsp3) is 0.0833. The minimum atomic E-state index is -0.558. The molecule has 0 aliphatic rings. The van der Waals surface area contributed by atoms with E-state index in [1.54, 1.807) is 0 Å². The van der Waals surface area contributed by atoms with Gasteiger partial charge < -0.3 is 0 Å². The van der Waals surface area contributed by atoms with E-state index >= 15 is 0 Å². The molecule has 17 heavy (non-hydrogen) atoms. The Hall–Kier alpha value is -0.710. The van der Waals surface area contributed by atoms with E-state index in [1.165, 1.54) is 29.5 Å². The van der Waals surface area contributed by atoms with E-state index in [1.807, 2.05) is 13.0 Å². The Balaban J connectivity index is 2.50. The monoisotopic (exact) mass is 332 g/mol. The Morgan fingerprint density at radius 1 is 1.41 bits per heavy atom. The van der Waals surface area contributed by atoms with Gasteiger partial charge >= 0.3 is 0 Å². The van der Waals surface area contributed by atoms with Gasteiger partial charge in [0.05, 0.1) is 10.4 Å². The topological polar surface area (TPSA) is 17.1 Å². The summed E-state index contributed by atoms with van der Waals surface area (Å²) in [6.07, 6.45) is 0. The summed E-state index contributed by atoms with van der Waals surface area (Å²) >= 11 is 10.4. The maximum Gasteiger partial charge on any atom is 0.207 e. The zero-order valence-corrected chi connectivity index (χ0v) is 11.9. The smallest absolute Gasteiger partial charge is 0.207 e. The lowest BCUT2D eigenvalue weighted by molar-refractivity contribution is 0.103. The number of halogens is 3. The maximum absolute atomic E-state index is 13.6. The minimum Gasteiger partial charge on any atom is -0.288 e. The summed E-state index contributed by atoms with van der Waals surface area (Å²) in [6, 6.07) is 5.80. The quantitative estimate of drug-likeness (QED) is 0.719. The number of hydrogen-bond acceptors (Lipinski definition) is 2. The van der Waals surface area contributed by atoms with E-state index in [4.69, 9.17) is 11.6 Å². The summed E-state index contributed by atoms with van der Waals surface area (Å²) in [5, 5.41) is 0.346. The van der Waals surface area contributed by atoms with Crippen LogP contribution in [0, 0.1) is 12.7 Å². The molecule has 0 radical (unpaired) electrons. The molecule has 88 valence electrons. The summed E-state index contributed by atoms with van der Waals surface area (Å²) in [4.78, 5) is 13.6. The average molecular weight is 334 g/mol. The highest BCUT2D eigenvalue weighted by atomic mass is 79.9. The largest absolute Gasteiger partial charge is 0.288 e. The third-order valence-electron chi connectivity index (χ3n) is 2.19. The Morgan fingerprint density at radius 3 is 2.71 bits per heavy atom. The number of rotatable bonds is 2. The molecule has 0 spiro atoms. The second kappa shape index (κ2) is 4.88. The molecule has 0 saturated heterocycles. The van der Waals surface area contributed by atoms with Gasteiger partial charge in [-0.1, -0.05) is 11.6 Å². The van der Waals surface area contributed by atoms with Gasteiger partial charge in [0.2, 0.25) is 5.78 Å². The van der Waals surface area contributed by atoms with Gasteiger partial charge in [0.25, 0.3) is 0 Å². The zero-order chi connectivity index (χ0) is 12.6. The highest BCUT2D eigenvalue weighted by molar-refractivity contribution is 9.10. The Kier molecular flexibility index (Phi) is 3.66. The van der Waals surface area contributed by atoms with Crippen molar-refractivity contribution in [2.45, 2.75) is 6.92 Å². The summed E-state index contributed by atoms with van der Waals surface area (Å²) in [7, 11) is 0. The summed E-state index contributed by atoms with van der Waals surface area (Å²) in [6.45, 7) is 1.89. The first-order valence-electron chi connectivity index (χ1n) is 4.74. The molecule has 0 aliphatic heterocycles. The molecule has 1 nitrogen and oxygen atoms in total. The lowest BCUT2D eigenvalue weighted by Gasteiger charge is -2.01. The van der Waals surface area contributed by atoms with E-state index in [-0.39, 0.29) is 11.3 Å². The third kappa shape index (κ3) is 2.59. The molecule has 0 amide bonds. The van der Waals surface area contributed by atoms with Gasteiger partial charge in [-0.05, 0) is 47.1 Å². The van der Waals surface area contributed by atoms with Crippen LogP contribution in [0.15, 0.2) is 28.7 Å². The number of ketones is 1. The van der Waals surface area contributed by atoms with Crippen molar-refractivity contribution in [3.63, 3.8) is 0 Å². The number of aryl methyl sites for hydroxylation is 1. The fourth-order valence-corrected chi connectivity index (χ4v) is 3.38. The van der Waals surface area contributed by atoms with Gasteiger partial charge in [-0.25, -0.2) is 4.39 Å². The Morgan fingerprint density at radius 2 is 2.12 bits per heavy atom. The van der Waals surface area contributed by atoms with E-state index in [9.17, 15) is 9.18 Å². The highest BCUT2D eigenvalue weighted by Crippen LogP contribution is 2.30. The van der Waals surface area contributed by atoms with Gasteiger partial charge in [-0.15, -0.1) is 11.3 Å². The van der Waals surface area contributed by atoms with Gasteiger partial charge in [-0.2, -0.15) is 0 Å².